The van der Waals surface area contributed by atoms with E-state index >= 15 is 0 Å². The molecule has 0 saturated heterocycles. The van der Waals surface area contributed by atoms with Crippen LogP contribution in [0.25, 0.3) is 0 Å². The number of hydrogen-bond donors (Lipinski definition) is 2. The molecule has 0 saturated carbocycles. The van der Waals surface area contributed by atoms with E-state index in [4.69, 9.17) is 0 Å². The number of hydrogen-bond acceptors (Lipinski definition) is 4. The van der Waals surface area contributed by atoms with E-state index in [1.165, 1.54) is 12.1 Å². The number of aromatic nitrogens is 1. The van der Waals surface area contributed by atoms with Gasteiger partial charge in [0.2, 0.25) is 0 Å². The molecule has 0 radical (unpaired) electrons. The van der Waals surface area contributed by atoms with Crippen LogP contribution in [0.4, 0.5) is 5.69 Å². The minimum atomic E-state index is -3.75. The molecule has 0 unspecified atom stereocenters. The van der Waals surface area contributed by atoms with Gasteiger partial charge < -0.3 is 9.88 Å². The monoisotopic (exact) mass is 450 g/mol. The second-order valence-electron chi connectivity index (χ2n) is 7.88. The number of aliphatic imine (C=N–C) groups is 1. The molecular weight excluding hydrogens is 424 g/mol. The second kappa shape index (κ2) is 9.00. The minimum absolute atomic E-state index is 0.0828. The van der Waals surface area contributed by atoms with Crippen LogP contribution in [0.15, 0.2) is 70.6 Å². The maximum atomic E-state index is 13.0. The molecule has 3 aromatic rings. The zero-order chi connectivity index (χ0) is 22.7. The number of anilines is 1. The molecule has 32 heavy (non-hydrogen) atoms. The van der Waals surface area contributed by atoms with Crippen molar-refractivity contribution in [3.05, 3.63) is 83.2 Å². The average molecular weight is 451 g/mol. The van der Waals surface area contributed by atoms with Gasteiger partial charge in [0, 0.05) is 36.6 Å². The molecule has 0 atom stereocenters. The maximum Gasteiger partial charge on any atom is 0.262 e. The highest BCUT2D eigenvalue weighted by molar-refractivity contribution is 7.90. The highest BCUT2D eigenvalue weighted by Crippen LogP contribution is 2.21. The fraction of sp³-hybridized carbons (Fsp3) is 0.250. The number of amidine groups is 1. The van der Waals surface area contributed by atoms with E-state index in [0.29, 0.717) is 36.6 Å². The van der Waals surface area contributed by atoms with Crippen LogP contribution in [0.1, 0.15) is 40.2 Å². The quantitative estimate of drug-likeness (QED) is 0.597. The van der Waals surface area contributed by atoms with Crippen LogP contribution >= 0.6 is 0 Å². The van der Waals surface area contributed by atoms with Crippen molar-refractivity contribution in [3.8, 4) is 0 Å². The predicted molar refractivity (Wildman–Crippen MR) is 126 cm³/mol. The van der Waals surface area contributed by atoms with Crippen molar-refractivity contribution < 1.29 is 13.2 Å². The zero-order valence-electron chi connectivity index (χ0n) is 18.1. The molecule has 2 aromatic carbocycles. The summed E-state index contributed by atoms with van der Waals surface area (Å²) in [5.74, 6) is 0.199. The van der Waals surface area contributed by atoms with Gasteiger partial charge in [-0.2, -0.15) is 0 Å². The highest BCUT2D eigenvalue weighted by atomic mass is 32.2. The Bertz CT molecular complexity index is 1280. The van der Waals surface area contributed by atoms with Gasteiger partial charge in [0.15, 0.2) is 0 Å². The predicted octanol–water partition coefficient (Wildman–Crippen LogP) is 3.88. The smallest absolute Gasteiger partial charge is 0.262 e. The number of carbonyl (C=O) groups is 1. The van der Waals surface area contributed by atoms with E-state index in [1.54, 1.807) is 12.1 Å². The van der Waals surface area contributed by atoms with Crippen molar-refractivity contribution in [1.29, 1.82) is 0 Å². The third-order valence-electron chi connectivity index (χ3n) is 5.53. The van der Waals surface area contributed by atoms with Crippen molar-refractivity contribution in [2.45, 2.75) is 38.1 Å². The molecule has 166 valence electrons. The molecule has 1 aliphatic rings. The van der Waals surface area contributed by atoms with E-state index in [0.717, 1.165) is 23.4 Å². The first-order valence-electron chi connectivity index (χ1n) is 10.5. The Morgan fingerprint density at radius 2 is 1.84 bits per heavy atom. The minimum Gasteiger partial charge on any atom is -0.344 e. The number of benzene rings is 2. The maximum absolute atomic E-state index is 13.0. The van der Waals surface area contributed by atoms with E-state index in [1.807, 2.05) is 38.1 Å². The summed E-state index contributed by atoms with van der Waals surface area (Å²) in [6.07, 6.45) is 1.46. The van der Waals surface area contributed by atoms with Gasteiger partial charge in [-0.25, -0.2) is 8.42 Å². The van der Waals surface area contributed by atoms with Crippen LogP contribution in [0, 0.1) is 13.8 Å². The molecule has 0 fully saturated rings. The number of sulfonamides is 1. The zero-order valence-corrected chi connectivity index (χ0v) is 18.9. The standard InChI is InChI=1S/C24H26N4O3S/c1-17-14-22(18(2)28(17)16-19-8-4-3-5-9-19)24(29)26-20-10-6-11-21(15-20)32(30,31)27-23-12-7-13-25-23/h3-6,8-11,14-15H,7,12-13,16H2,1-2H3,(H,25,27)(H,26,29). The average Bonchev–Trinajstić information content (AvgIpc) is 3.37. The van der Waals surface area contributed by atoms with Gasteiger partial charge >= 0.3 is 0 Å². The van der Waals surface area contributed by atoms with Crippen LogP contribution in [-0.4, -0.2) is 31.3 Å². The molecule has 8 heteroatoms. The largest absolute Gasteiger partial charge is 0.344 e. The molecule has 1 aromatic heterocycles. The number of rotatable bonds is 6. The van der Waals surface area contributed by atoms with E-state index < -0.39 is 10.0 Å². The molecule has 7 nitrogen and oxygen atoms in total. The summed E-state index contributed by atoms with van der Waals surface area (Å²) in [4.78, 5) is 17.2. The van der Waals surface area contributed by atoms with Gasteiger partial charge in [-0.1, -0.05) is 36.4 Å². The fourth-order valence-electron chi connectivity index (χ4n) is 3.82. The lowest BCUT2D eigenvalue weighted by molar-refractivity contribution is 0.102. The van der Waals surface area contributed by atoms with Gasteiger partial charge in [-0.3, -0.25) is 14.5 Å². The van der Waals surface area contributed by atoms with Gasteiger partial charge in [0.25, 0.3) is 15.9 Å². The third-order valence-corrected chi connectivity index (χ3v) is 6.91. The van der Waals surface area contributed by atoms with Crippen molar-refractivity contribution in [2.75, 3.05) is 11.9 Å². The van der Waals surface area contributed by atoms with E-state index in [2.05, 4.69) is 31.7 Å². The number of amides is 1. The number of aryl methyl sites for hydroxylation is 1. The Morgan fingerprint density at radius 3 is 2.56 bits per heavy atom. The molecule has 1 aliphatic heterocycles. The number of nitrogens with zero attached hydrogens (tertiary/aromatic N) is 2. The van der Waals surface area contributed by atoms with Crippen molar-refractivity contribution >= 4 is 27.5 Å². The van der Waals surface area contributed by atoms with E-state index in [9.17, 15) is 13.2 Å². The summed E-state index contributed by atoms with van der Waals surface area (Å²) in [5, 5.41) is 2.83. The van der Waals surface area contributed by atoms with Crippen molar-refractivity contribution in [3.63, 3.8) is 0 Å². The fourth-order valence-corrected chi connectivity index (χ4v) is 4.95. The Balaban J connectivity index is 1.52. The summed E-state index contributed by atoms with van der Waals surface area (Å²) in [6, 6.07) is 18.2. The Hall–Kier alpha value is -3.39. The summed E-state index contributed by atoms with van der Waals surface area (Å²) < 4.78 is 30.0. The van der Waals surface area contributed by atoms with Gasteiger partial charge in [0.1, 0.15) is 5.84 Å². The summed E-state index contributed by atoms with van der Waals surface area (Å²) in [5.41, 5.74) is 3.96. The Labute approximate surface area is 188 Å². The molecule has 0 spiro atoms. The normalized spacial score (nSPS) is 13.6. The summed E-state index contributed by atoms with van der Waals surface area (Å²) in [6.45, 7) is 5.20. The molecule has 0 bridgehead atoms. The van der Waals surface area contributed by atoms with E-state index in [-0.39, 0.29) is 10.8 Å². The molecule has 0 aliphatic carbocycles. The van der Waals surface area contributed by atoms with Gasteiger partial charge in [-0.15, -0.1) is 0 Å². The second-order valence-corrected chi connectivity index (χ2v) is 9.56. The van der Waals surface area contributed by atoms with Crippen LogP contribution in [-0.2, 0) is 16.6 Å². The SMILES string of the molecule is Cc1cc(C(=O)Nc2cccc(S(=O)(=O)NC3=NCCC3)c2)c(C)n1Cc1ccccc1. The molecule has 4 rings (SSSR count). The molecular formula is C24H26N4O3S. The van der Waals surface area contributed by atoms with Crippen LogP contribution in [0.5, 0.6) is 0 Å². The first-order chi connectivity index (χ1) is 15.3. The molecule has 2 heterocycles. The highest BCUT2D eigenvalue weighted by Gasteiger charge is 2.20. The van der Waals surface area contributed by atoms with Crippen LogP contribution in [0.2, 0.25) is 0 Å². The lowest BCUT2D eigenvalue weighted by Gasteiger charge is -2.11. The van der Waals surface area contributed by atoms with Crippen LogP contribution in [0.3, 0.4) is 0 Å². The van der Waals surface area contributed by atoms with Gasteiger partial charge in [-0.05, 0) is 50.1 Å². The molecule has 1 amide bonds. The first-order valence-corrected chi connectivity index (χ1v) is 12.0. The van der Waals surface area contributed by atoms with Gasteiger partial charge in [0.05, 0.1) is 10.5 Å². The van der Waals surface area contributed by atoms with Crippen LogP contribution < -0.4 is 10.0 Å². The summed E-state index contributed by atoms with van der Waals surface area (Å²) in [7, 11) is -3.75. The number of nitrogens with one attached hydrogen (secondary N) is 2. The Kier molecular flexibility index (Phi) is 6.14. The lowest BCUT2D eigenvalue weighted by Crippen LogP contribution is -2.29. The Morgan fingerprint density at radius 1 is 1.06 bits per heavy atom. The van der Waals surface area contributed by atoms with Crippen molar-refractivity contribution in [2.24, 2.45) is 4.99 Å². The number of carbonyl (C=O) groups excluding carboxylic acids is 1. The molecule has 2 N–H and O–H groups in total. The first kappa shape index (κ1) is 21.8. The van der Waals surface area contributed by atoms with Crippen molar-refractivity contribution in [1.82, 2.24) is 9.29 Å². The topological polar surface area (TPSA) is 92.6 Å². The summed E-state index contributed by atoms with van der Waals surface area (Å²) >= 11 is 0. The lowest BCUT2D eigenvalue weighted by atomic mass is 10.2. The third kappa shape index (κ3) is 4.75.